The van der Waals surface area contributed by atoms with E-state index in [0.29, 0.717) is 55.9 Å². The van der Waals surface area contributed by atoms with E-state index in [9.17, 15) is 9.59 Å². The fraction of sp³-hybridized carbons (Fsp3) is 0.543. The Morgan fingerprint density at radius 1 is 1.07 bits per heavy atom. The zero-order valence-electron chi connectivity index (χ0n) is 27.7. The van der Waals surface area contributed by atoms with E-state index in [2.05, 4.69) is 33.1 Å². The molecule has 1 fully saturated rings. The number of pyridine rings is 2. The van der Waals surface area contributed by atoms with Crippen LogP contribution in [0.4, 0.5) is 5.82 Å². The topological polar surface area (TPSA) is 109 Å². The molecule has 0 saturated carbocycles. The number of benzene rings is 1. The lowest BCUT2D eigenvalue weighted by atomic mass is 9.97. The molecule has 1 unspecified atom stereocenters. The van der Waals surface area contributed by atoms with Crippen LogP contribution in [-0.4, -0.2) is 98.7 Å². The van der Waals surface area contributed by atoms with Gasteiger partial charge in [0.2, 0.25) is 17.6 Å². The zero-order valence-corrected chi connectivity index (χ0v) is 27.7. The number of rotatable bonds is 8. The van der Waals surface area contributed by atoms with Gasteiger partial charge in [-0.15, -0.1) is 0 Å². The van der Waals surface area contributed by atoms with Crippen LogP contribution in [-0.2, 0) is 22.6 Å². The Morgan fingerprint density at radius 3 is 2.65 bits per heavy atom. The average molecular weight is 633 g/mol. The molecule has 0 spiro atoms. The van der Waals surface area contributed by atoms with E-state index in [1.165, 1.54) is 0 Å². The Balaban J connectivity index is 1.54. The molecule has 1 aromatic carbocycles. The van der Waals surface area contributed by atoms with Gasteiger partial charge in [0.05, 0.1) is 33.3 Å². The maximum absolute atomic E-state index is 13.6. The molecule has 1 atom stereocenters. The number of fused-ring (bicyclic) bond motifs is 5. The van der Waals surface area contributed by atoms with Crippen LogP contribution in [0.3, 0.4) is 0 Å². The van der Waals surface area contributed by atoms with E-state index in [1.807, 2.05) is 23.1 Å². The van der Waals surface area contributed by atoms with Crippen LogP contribution in [0, 0.1) is 5.92 Å². The number of unbranched alkanes of at least 4 members (excludes halogenated alkanes) is 1. The molecule has 11 nitrogen and oxygen atoms in total. The molecule has 1 N–H and O–H groups in total. The van der Waals surface area contributed by atoms with Gasteiger partial charge in [-0.3, -0.25) is 19.5 Å². The third-order valence-electron chi connectivity index (χ3n) is 9.03. The molecule has 3 aromatic rings. The number of hydrogen-bond acceptors (Lipinski definition) is 9. The first-order chi connectivity index (χ1) is 22.4. The quantitative estimate of drug-likeness (QED) is 0.393. The molecule has 5 rings (SSSR count). The van der Waals surface area contributed by atoms with E-state index < -0.39 is 0 Å². The number of methoxy groups -OCH3 is 3. The van der Waals surface area contributed by atoms with Crippen LogP contribution in [0.25, 0.3) is 10.9 Å². The summed E-state index contributed by atoms with van der Waals surface area (Å²) in [4.78, 5) is 42.6. The van der Waals surface area contributed by atoms with Crippen molar-refractivity contribution in [2.75, 3.05) is 72.0 Å². The Bertz CT molecular complexity index is 1490. The summed E-state index contributed by atoms with van der Waals surface area (Å²) in [5, 5.41) is 4.02. The lowest BCUT2D eigenvalue weighted by Gasteiger charge is -2.35. The highest BCUT2D eigenvalue weighted by Crippen LogP contribution is 2.44. The molecule has 11 heteroatoms. The molecule has 2 amide bonds. The maximum atomic E-state index is 13.6. The second kappa shape index (κ2) is 15.9. The van der Waals surface area contributed by atoms with E-state index in [4.69, 9.17) is 19.2 Å². The molecule has 46 heavy (non-hydrogen) atoms. The fourth-order valence-electron chi connectivity index (χ4n) is 6.52. The molecule has 4 heterocycles. The number of aromatic nitrogens is 2. The highest BCUT2D eigenvalue weighted by atomic mass is 16.5. The molecule has 248 valence electrons. The largest absolute Gasteiger partial charge is 0.493 e. The van der Waals surface area contributed by atoms with E-state index >= 15 is 0 Å². The number of piperidine rings is 1. The number of nitrogens with one attached hydrogen (secondary N) is 1. The lowest BCUT2D eigenvalue weighted by Crippen LogP contribution is -2.42. The van der Waals surface area contributed by atoms with Crippen LogP contribution in [0.5, 0.6) is 17.2 Å². The Labute approximate surface area is 272 Å². The molecule has 2 aliphatic rings. The molecule has 1 saturated heterocycles. The summed E-state index contributed by atoms with van der Waals surface area (Å²) in [6, 6.07) is 7.86. The number of ether oxygens (including phenoxy) is 3. The van der Waals surface area contributed by atoms with Gasteiger partial charge < -0.3 is 29.3 Å². The van der Waals surface area contributed by atoms with Gasteiger partial charge in [-0.2, -0.15) is 0 Å². The number of nitrogens with zero attached hydrogens (tertiary/aromatic N) is 5. The van der Waals surface area contributed by atoms with Gasteiger partial charge in [-0.25, -0.2) is 4.98 Å². The first kappa shape index (κ1) is 33.2. The van der Waals surface area contributed by atoms with Crippen molar-refractivity contribution in [2.45, 2.75) is 52.0 Å². The second-order valence-electron chi connectivity index (χ2n) is 12.2. The van der Waals surface area contributed by atoms with Crippen LogP contribution in [0.2, 0.25) is 0 Å². The first-order valence-corrected chi connectivity index (χ1v) is 16.5. The number of anilines is 1. The van der Waals surface area contributed by atoms with Crippen molar-refractivity contribution in [3.8, 4) is 17.2 Å². The van der Waals surface area contributed by atoms with Crippen LogP contribution in [0.15, 0.2) is 36.7 Å². The predicted octanol–water partition coefficient (Wildman–Crippen LogP) is 4.07. The number of hydrogen-bond donors (Lipinski definition) is 1. The van der Waals surface area contributed by atoms with Gasteiger partial charge in [0.1, 0.15) is 5.82 Å². The summed E-state index contributed by atoms with van der Waals surface area (Å²) in [5.41, 5.74) is 2.74. The van der Waals surface area contributed by atoms with Crippen LogP contribution >= 0.6 is 0 Å². The fourth-order valence-corrected chi connectivity index (χ4v) is 6.52. The van der Waals surface area contributed by atoms with Crippen molar-refractivity contribution in [1.29, 1.82) is 0 Å². The van der Waals surface area contributed by atoms with Crippen LogP contribution < -0.4 is 24.4 Å². The van der Waals surface area contributed by atoms with Crippen molar-refractivity contribution < 1.29 is 23.8 Å². The first-order valence-electron chi connectivity index (χ1n) is 16.5. The van der Waals surface area contributed by atoms with Crippen molar-refractivity contribution in [3.63, 3.8) is 0 Å². The van der Waals surface area contributed by atoms with Gasteiger partial charge in [0, 0.05) is 81.6 Å². The molecular formula is C35H48N6O5. The van der Waals surface area contributed by atoms with Gasteiger partial charge in [0.15, 0.2) is 11.5 Å². The SMILES string of the molecule is CCCCN1CCN(C(=O)Cc2cccnc2)CCC(=O)NCC2CCCN(C2)c2nc3cc(OC)c(OC)c(OC)c3cc2C1. The molecule has 2 bridgehead atoms. The standard InChI is InChI=1S/C35H48N6O5/c1-5-6-13-39-16-17-40(32(43)18-25-9-7-12-36-21-25)15-11-31(42)37-22-26-10-8-14-41(23-26)35-27(24-39)19-28-29(38-35)20-30(44-2)34(46-4)33(28)45-3/h7,9,12,19-21,26H,5-6,8,10-11,13-18,22-24H2,1-4H3,(H,37,42). The second-order valence-corrected chi connectivity index (χ2v) is 12.2. The van der Waals surface area contributed by atoms with E-state index in [1.54, 1.807) is 33.7 Å². The Hall–Kier alpha value is -4.12. The van der Waals surface area contributed by atoms with Crippen molar-refractivity contribution in [1.82, 2.24) is 25.1 Å². The van der Waals surface area contributed by atoms with Gasteiger partial charge in [-0.1, -0.05) is 19.4 Å². The predicted molar refractivity (Wildman–Crippen MR) is 179 cm³/mol. The molecule has 0 radical (unpaired) electrons. The van der Waals surface area contributed by atoms with E-state index in [-0.39, 0.29) is 24.7 Å². The molecule has 2 aliphatic heterocycles. The number of carbonyl (C=O) groups excluding carboxylic acids is 2. The summed E-state index contributed by atoms with van der Waals surface area (Å²) in [7, 11) is 4.87. The highest BCUT2D eigenvalue weighted by Gasteiger charge is 2.27. The molecule has 2 aromatic heterocycles. The summed E-state index contributed by atoms with van der Waals surface area (Å²) < 4.78 is 17.2. The minimum atomic E-state index is -0.0216. The van der Waals surface area contributed by atoms with Crippen molar-refractivity contribution >= 4 is 28.5 Å². The summed E-state index contributed by atoms with van der Waals surface area (Å²) >= 11 is 0. The summed E-state index contributed by atoms with van der Waals surface area (Å²) in [6.07, 6.45) is 8.11. The van der Waals surface area contributed by atoms with Crippen molar-refractivity contribution in [2.24, 2.45) is 5.92 Å². The maximum Gasteiger partial charge on any atom is 0.227 e. The van der Waals surface area contributed by atoms with Gasteiger partial charge in [-0.05, 0) is 49.4 Å². The smallest absolute Gasteiger partial charge is 0.227 e. The van der Waals surface area contributed by atoms with Crippen molar-refractivity contribution in [3.05, 3.63) is 47.8 Å². The highest BCUT2D eigenvalue weighted by molar-refractivity contribution is 5.92. The normalized spacial score (nSPS) is 18.3. The van der Waals surface area contributed by atoms with Crippen LogP contribution in [0.1, 0.15) is 50.2 Å². The molecular weight excluding hydrogens is 584 g/mol. The summed E-state index contributed by atoms with van der Waals surface area (Å²) in [5.74, 6) is 2.92. The number of carbonyl (C=O) groups is 2. The zero-order chi connectivity index (χ0) is 32.5. The Kier molecular flexibility index (Phi) is 11.5. The molecule has 0 aliphatic carbocycles. The minimum Gasteiger partial charge on any atom is -0.493 e. The summed E-state index contributed by atoms with van der Waals surface area (Å²) in [6.45, 7) is 7.61. The third-order valence-corrected chi connectivity index (χ3v) is 9.03. The lowest BCUT2D eigenvalue weighted by molar-refractivity contribution is -0.131. The van der Waals surface area contributed by atoms with E-state index in [0.717, 1.165) is 73.2 Å². The third kappa shape index (κ3) is 7.99. The Morgan fingerprint density at radius 2 is 1.91 bits per heavy atom. The van der Waals surface area contributed by atoms with Gasteiger partial charge >= 0.3 is 0 Å². The number of amides is 2. The average Bonchev–Trinajstić information content (AvgIpc) is 3.08. The van der Waals surface area contributed by atoms with Gasteiger partial charge in [0.25, 0.3) is 0 Å². The monoisotopic (exact) mass is 632 g/mol. The minimum absolute atomic E-state index is 0.00126.